The first-order chi connectivity index (χ1) is 8.24. The molecule has 1 saturated heterocycles. The van der Waals surface area contributed by atoms with Gasteiger partial charge in [-0.15, -0.1) is 0 Å². The summed E-state index contributed by atoms with van der Waals surface area (Å²) < 4.78 is 28.5. The van der Waals surface area contributed by atoms with Crippen LogP contribution in [0.4, 0.5) is 8.78 Å². The smallest absolute Gasteiger partial charge is 0.387 e. The largest absolute Gasteiger partial charge is 0.435 e. The van der Waals surface area contributed by atoms with Crippen LogP contribution < -0.4 is 10.1 Å². The molecule has 0 aliphatic carbocycles. The zero-order chi connectivity index (χ0) is 12.1. The SMILES string of the molecule is FC(F)Oc1cccc(CC2CCCCN2)c1. The van der Waals surface area contributed by atoms with Crippen LogP contribution in [0.25, 0.3) is 0 Å². The highest BCUT2D eigenvalue weighted by Gasteiger charge is 2.13. The number of halogens is 2. The summed E-state index contributed by atoms with van der Waals surface area (Å²) in [5.74, 6) is 0.244. The van der Waals surface area contributed by atoms with Crippen molar-refractivity contribution in [1.82, 2.24) is 5.32 Å². The van der Waals surface area contributed by atoms with Crippen molar-refractivity contribution < 1.29 is 13.5 Å². The molecule has 4 heteroatoms. The van der Waals surface area contributed by atoms with E-state index < -0.39 is 6.61 Å². The van der Waals surface area contributed by atoms with E-state index in [0.717, 1.165) is 24.9 Å². The van der Waals surface area contributed by atoms with Crippen molar-refractivity contribution in [2.75, 3.05) is 6.54 Å². The molecule has 1 aliphatic heterocycles. The summed E-state index contributed by atoms with van der Waals surface area (Å²) in [6.07, 6.45) is 4.50. The van der Waals surface area contributed by atoms with Crippen molar-refractivity contribution in [1.29, 1.82) is 0 Å². The van der Waals surface area contributed by atoms with Gasteiger partial charge in [0.2, 0.25) is 0 Å². The van der Waals surface area contributed by atoms with E-state index in [9.17, 15) is 8.78 Å². The minimum absolute atomic E-state index is 0.244. The Morgan fingerprint density at radius 1 is 1.35 bits per heavy atom. The molecular weight excluding hydrogens is 224 g/mol. The number of rotatable bonds is 4. The number of hydrogen-bond donors (Lipinski definition) is 1. The van der Waals surface area contributed by atoms with Gasteiger partial charge in [0.15, 0.2) is 0 Å². The molecule has 1 unspecified atom stereocenters. The van der Waals surface area contributed by atoms with E-state index in [-0.39, 0.29) is 5.75 Å². The van der Waals surface area contributed by atoms with Gasteiger partial charge in [-0.25, -0.2) is 0 Å². The highest BCUT2D eigenvalue weighted by Crippen LogP contribution is 2.19. The van der Waals surface area contributed by atoms with Crippen molar-refractivity contribution in [3.8, 4) is 5.75 Å². The van der Waals surface area contributed by atoms with Crippen LogP contribution >= 0.6 is 0 Å². The molecule has 1 aliphatic rings. The number of hydrogen-bond acceptors (Lipinski definition) is 2. The quantitative estimate of drug-likeness (QED) is 0.875. The summed E-state index contributed by atoms with van der Waals surface area (Å²) in [5.41, 5.74) is 1.04. The van der Waals surface area contributed by atoms with E-state index in [1.165, 1.54) is 12.8 Å². The lowest BCUT2D eigenvalue weighted by atomic mass is 9.98. The van der Waals surface area contributed by atoms with Crippen molar-refractivity contribution in [2.24, 2.45) is 0 Å². The molecule has 1 heterocycles. The van der Waals surface area contributed by atoms with Gasteiger partial charge in [-0.2, -0.15) is 8.78 Å². The molecule has 0 amide bonds. The average molecular weight is 241 g/mol. The molecule has 94 valence electrons. The number of ether oxygens (including phenoxy) is 1. The summed E-state index contributed by atoms with van der Waals surface area (Å²) >= 11 is 0. The third-order valence-electron chi connectivity index (χ3n) is 3.02. The van der Waals surface area contributed by atoms with E-state index in [0.29, 0.717) is 6.04 Å². The van der Waals surface area contributed by atoms with Crippen LogP contribution in [0.5, 0.6) is 5.75 Å². The fourth-order valence-corrected chi connectivity index (χ4v) is 2.23. The first-order valence-electron chi connectivity index (χ1n) is 6.01. The maximum absolute atomic E-state index is 12.1. The molecular formula is C13H17F2NO. The second-order valence-corrected chi connectivity index (χ2v) is 4.38. The van der Waals surface area contributed by atoms with E-state index in [1.807, 2.05) is 6.07 Å². The molecule has 0 bridgehead atoms. The standard InChI is InChI=1S/C13H17F2NO/c14-13(15)17-12-6-3-4-10(9-12)8-11-5-1-2-7-16-11/h3-4,6,9,11,13,16H,1-2,5,7-8H2. The van der Waals surface area contributed by atoms with Gasteiger partial charge in [-0.05, 0) is 43.5 Å². The van der Waals surface area contributed by atoms with Gasteiger partial charge in [0.25, 0.3) is 0 Å². The zero-order valence-electron chi connectivity index (χ0n) is 9.66. The fourth-order valence-electron chi connectivity index (χ4n) is 2.23. The monoisotopic (exact) mass is 241 g/mol. The number of piperidine rings is 1. The summed E-state index contributed by atoms with van der Waals surface area (Å²) in [7, 11) is 0. The summed E-state index contributed by atoms with van der Waals surface area (Å²) in [6, 6.07) is 7.43. The van der Waals surface area contributed by atoms with Crippen LogP contribution in [0.3, 0.4) is 0 Å². The lowest BCUT2D eigenvalue weighted by molar-refractivity contribution is -0.0498. The van der Waals surface area contributed by atoms with Crippen molar-refractivity contribution >= 4 is 0 Å². The Hall–Kier alpha value is -1.16. The van der Waals surface area contributed by atoms with Crippen molar-refractivity contribution in [3.63, 3.8) is 0 Å². The Kier molecular flexibility index (Phi) is 4.31. The van der Waals surface area contributed by atoms with Crippen LogP contribution in [-0.4, -0.2) is 19.2 Å². The van der Waals surface area contributed by atoms with Crippen LogP contribution in [-0.2, 0) is 6.42 Å². The highest BCUT2D eigenvalue weighted by molar-refractivity contribution is 5.29. The van der Waals surface area contributed by atoms with Crippen LogP contribution in [0.2, 0.25) is 0 Å². The molecule has 0 saturated carbocycles. The minimum Gasteiger partial charge on any atom is -0.435 e. The molecule has 0 radical (unpaired) electrons. The predicted molar refractivity (Wildman–Crippen MR) is 62.4 cm³/mol. The summed E-state index contributed by atoms with van der Waals surface area (Å²) in [6.45, 7) is -1.70. The second-order valence-electron chi connectivity index (χ2n) is 4.38. The Bertz CT molecular complexity index is 351. The molecule has 2 nitrogen and oxygen atoms in total. The van der Waals surface area contributed by atoms with E-state index >= 15 is 0 Å². The normalized spacial score (nSPS) is 20.5. The van der Waals surface area contributed by atoms with E-state index in [4.69, 9.17) is 0 Å². The van der Waals surface area contributed by atoms with Crippen molar-refractivity contribution in [3.05, 3.63) is 29.8 Å². The van der Waals surface area contributed by atoms with Gasteiger partial charge < -0.3 is 10.1 Å². The molecule has 1 atom stereocenters. The Morgan fingerprint density at radius 2 is 2.24 bits per heavy atom. The average Bonchev–Trinajstić information content (AvgIpc) is 2.30. The van der Waals surface area contributed by atoms with E-state index in [2.05, 4.69) is 10.1 Å². The van der Waals surface area contributed by atoms with Gasteiger partial charge in [0.1, 0.15) is 5.75 Å². The fraction of sp³-hybridized carbons (Fsp3) is 0.538. The molecule has 1 fully saturated rings. The van der Waals surface area contributed by atoms with Crippen LogP contribution in [0, 0.1) is 0 Å². The lowest BCUT2D eigenvalue weighted by Gasteiger charge is -2.23. The third-order valence-corrected chi connectivity index (χ3v) is 3.02. The maximum atomic E-state index is 12.1. The summed E-state index contributed by atoms with van der Waals surface area (Å²) in [5, 5.41) is 3.44. The van der Waals surface area contributed by atoms with Gasteiger partial charge in [-0.3, -0.25) is 0 Å². The summed E-state index contributed by atoms with van der Waals surface area (Å²) in [4.78, 5) is 0. The van der Waals surface area contributed by atoms with Gasteiger partial charge in [0, 0.05) is 6.04 Å². The lowest BCUT2D eigenvalue weighted by Crippen LogP contribution is -2.35. The Morgan fingerprint density at radius 3 is 2.94 bits per heavy atom. The molecule has 1 aromatic carbocycles. The first kappa shape index (κ1) is 12.3. The second kappa shape index (κ2) is 5.96. The number of nitrogens with one attached hydrogen (secondary N) is 1. The maximum Gasteiger partial charge on any atom is 0.387 e. The molecule has 1 aromatic rings. The van der Waals surface area contributed by atoms with Crippen LogP contribution in [0.1, 0.15) is 24.8 Å². The molecule has 0 spiro atoms. The van der Waals surface area contributed by atoms with Crippen molar-refractivity contribution in [2.45, 2.75) is 38.3 Å². The molecule has 2 rings (SSSR count). The first-order valence-corrected chi connectivity index (χ1v) is 6.01. The molecule has 0 aromatic heterocycles. The number of alkyl halides is 2. The van der Waals surface area contributed by atoms with Crippen LogP contribution in [0.15, 0.2) is 24.3 Å². The van der Waals surface area contributed by atoms with E-state index in [1.54, 1.807) is 18.2 Å². The zero-order valence-corrected chi connectivity index (χ0v) is 9.66. The topological polar surface area (TPSA) is 21.3 Å². The highest BCUT2D eigenvalue weighted by atomic mass is 19.3. The van der Waals surface area contributed by atoms with Gasteiger partial charge in [-0.1, -0.05) is 18.6 Å². The third kappa shape index (κ3) is 3.97. The number of benzene rings is 1. The van der Waals surface area contributed by atoms with Gasteiger partial charge in [0.05, 0.1) is 0 Å². The minimum atomic E-state index is -2.75. The van der Waals surface area contributed by atoms with Gasteiger partial charge >= 0.3 is 6.61 Å². The Balaban J connectivity index is 1.95. The predicted octanol–water partition coefficient (Wildman–Crippen LogP) is 2.97. The molecule has 17 heavy (non-hydrogen) atoms. The Labute approximate surface area is 100.0 Å². The molecule has 1 N–H and O–H groups in total.